The Morgan fingerprint density at radius 1 is 1.06 bits per heavy atom. The molecule has 2 aromatic carbocycles. The first-order valence-corrected chi connectivity index (χ1v) is 13.7. The van der Waals surface area contributed by atoms with Crippen molar-refractivity contribution in [2.45, 2.75) is 19.9 Å². The van der Waals surface area contributed by atoms with Crippen LogP contribution in [0.5, 0.6) is 0 Å². The highest BCUT2D eigenvalue weighted by atomic mass is 79.9. The Hall–Kier alpha value is -2.81. The van der Waals surface area contributed by atoms with Crippen LogP contribution in [-0.2, 0) is 13.0 Å². The molecular formula is C28H31BrN4O2S. The molecule has 6 nitrogen and oxygen atoms in total. The molecule has 4 rings (SSSR count). The number of fused-ring (bicyclic) bond motifs is 1. The SMILES string of the molecule is CC(Cc1nc2sccc2c(=O)n1Cc1ccccc1)CN(CCN(C)C)C(=O)c1ccc(Br)cc1. The third kappa shape index (κ3) is 6.49. The van der Waals surface area contributed by atoms with Crippen molar-refractivity contribution in [1.29, 1.82) is 0 Å². The Labute approximate surface area is 224 Å². The fraction of sp³-hybridized carbons (Fsp3) is 0.321. The molecule has 1 unspecified atom stereocenters. The van der Waals surface area contributed by atoms with Crippen molar-refractivity contribution >= 4 is 43.4 Å². The molecular weight excluding hydrogens is 536 g/mol. The van der Waals surface area contributed by atoms with E-state index < -0.39 is 0 Å². The summed E-state index contributed by atoms with van der Waals surface area (Å²) in [5.41, 5.74) is 1.72. The molecule has 8 heteroatoms. The first kappa shape index (κ1) is 26.3. The molecule has 4 aromatic rings. The van der Waals surface area contributed by atoms with Crippen LogP contribution in [0.25, 0.3) is 10.2 Å². The second-order valence-electron chi connectivity index (χ2n) is 9.41. The summed E-state index contributed by atoms with van der Waals surface area (Å²) in [5, 5.41) is 2.57. The highest BCUT2D eigenvalue weighted by molar-refractivity contribution is 9.10. The summed E-state index contributed by atoms with van der Waals surface area (Å²) in [6.45, 7) is 4.57. The van der Waals surface area contributed by atoms with Crippen molar-refractivity contribution in [3.63, 3.8) is 0 Å². The number of amides is 1. The minimum atomic E-state index is -0.0114. The average molecular weight is 568 g/mol. The van der Waals surface area contributed by atoms with Crippen LogP contribution < -0.4 is 5.56 Å². The minimum absolute atomic E-state index is 0.0114. The molecule has 188 valence electrons. The van der Waals surface area contributed by atoms with Crippen LogP contribution in [0.15, 0.2) is 75.3 Å². The van der Waals surface area contributed by atoms with Gasteiger partial charge in [-0.1, -0.05) is 53.2 Å². The maximum absolute atomic E-state index is 13.4. The lowest BCUT2D eigenvalue weighted by Crippen LogP contribution is -2.40. The second-order valence-corrected chi connectivity index (χ2v) is 11.2. The molecule has 0 bridgehead atoms. The van der Waals surface area contributed by atoms with Gasteiger partial charge < -0.3 is 9.80 Å². The van der Waals surface area contributed by atoms with Gasteiger partial charge in [0.1, 0.15) is 10.7 Å². The lowest BCUT2D eigenvalue weighted by atomic mass is 10.1. The second kappa shape index (κ2) is 12.0. The summed E-state index contributed by atoms with van der Waals surface area (Å²) >= 11 is 4.93. The molecule has 0 fully saturated rings. The number of carbonyl (C=O) groups is 1. The van der Waals surface area contributed by atoms with E-state index >= 15 is 0 Å². The summed E-state index contributed by atoms with van der Waals surface area (Å²) in [7, 11) is 4.02. The number of benzene rings is 2. The predicted molar refractivity (Wildman–Crippen MR) is 151 cm³/mol. The lowest BCUT2D eigenvalue weighted by Gasteiger charge is -2.28. The van der Waals surface area contributed by atoms with Crippen molar-refractivity contribution in [3.05, 3.63) is 97.8 Å². The number of likely N-dealkylation sites (N-methyl/N-ethyl adjacent to an activating group) is 1. The van der Waals surface area contributed by atoms with Gasteiger partial charge in [-0.2, -0.15) is 0 Å². The molecule has 0 radical (unpaired) electrons. The molecule has 2 heterocycles. The van der Waals surface area contributed by atoms with Crippen LogP contribution in [0.1, 0.15) is 28.7 Å². The quantitative estimate of drug-likeness (QED) is 0.266. The van der Waals surface area contributed by atoms with Crippen molar-refractivity contribution in [1.82, 2.24) is 19.4 Å². The van der Waals surface area contributed by atoms with Crippen LogP contribution in [0, 0.1) is 5.92 Å². The van der Waals surface area contributed by atoms with Crippen molar-refractivity contribution in [2.24, 2.45) is 5.92 Å². The third-order valence-corrected chi connectivity index (χ3v) is 7.44. The van der Waals surface area contributed by atoms with E-state index in [0.29, 0.717) is 37.0 Å². The Bertz CT molecular complexity index is 1370. The van der Waals surface area contributed by atoms with Gasteiger partial charge in [0, 0.05) is 36.1 Å². The van der Waals surface area contributed by atoms with E-state index in [9.17, 15) is 9.59 Å². The van der Waals surface area contributed by atoms with E-state index in [2.05, 4.69) is 27.8 Å². The molecule has 0 saturated carbocycles. The van der Waals surface area contributed by atoms with E-state index in [0.717, 1.165) is 27.2 Å². The van der Waals surface area contributed by atoms with Crippen molar-refractivity contribution < 1.29 is 4.79 Å². The Morgan fingerprint density at radius 3 is 2.47 bits per heavy atom. The van der Waals surface area contributed by atoms with E-state index in [1.54, 1.807) is 4.57 Å². The maximum Gasteiger partial charge on any atom is 0.262 e. The number of carbonyl (C=O) groups excluding carboxylic acids is 1. The van der Waals surface area contributed by atoms with Crippen LogP contribution in [0.2, 0.25) is 0 Å². The topological polar surface area (TPSA) is 58.4 Å². The number of hydrogen-bond acceptors (Lipinski definition) is 5. The predicted octanol–water partition coefficient (Wildman–Crippen LogP) is 5.15. The van der Waals surface area contributed by atoms with Gasteiger partial charge in [0.25, 0.3) is 11.5 Å². The number of hydrogen-bond donors (Lipinski definition) is 0. The van der Waals surface area contributed by atoms with Crippen molar-refractivity contribution in [3.8, 4) is 0 Å². The average Bonchev–Trinajstić information content (AvgIpc) is 3.33. The van der Waals surface area contributed by atoms with Gasteiger partial charge in [0.2, 0.25) is 0 Å². The fourth-order valence-corrected chi connectivity index (χ4v) is 5.24. The lowest BCUT2D eigenvalue weighted by molar-refractivity contribution is 0.0719. The zero-order valence-corrected chi connectivity index (χ0v) is 23.3. The van der Waals surface area contributed by atoms with Crippen LogP contribution >= 0.6 is 27.3 Å². The van der Waals surface area contributed by atoms with Gasteiger partial charge >= 0.3 is 0 Å². The summed E-state index contributed by atoms with van der Waals surface area (Å²) in [5.74, 6) is 0.882. The fourth-order valence-electron chi connectivity index (χ4n) is 4.20. The molecule has 0 aliphatic heterocycles. The molecule has 0 aliphatic rings. The first-order valence-electron chi connectivity index (χ1n) is 12.0. The molecule has 36 heavy (non-hydrogen) atoms. The Kier molecular flexibility index (Phi) is 8.72. The smallest absolute Gasteiger partial charge is 0.262 e. The highest BCUT2D eigenvalue weighted by Gasteiger charge is 2.21. The molecule has 0 aliphatic carbocycles. The first-order chi connectivity index (χ1) is 17.3. The van der Waals surface area contributed by atoms with Crippen LogP contribution in [-0.4, -0.2) is 59.0 Å². The number of nitrogens with zero attached hydrogens (tertiary/aromatic N) is 4. The van der Waals surface area contributed by atoms with Gasteiger partial charge in [-0.3, -0.25) is 14.2 Å². The number of halogens is 1. The third-order valence-electron chi connectivity index (χ3n) is 6.10. The zero-order chi connectivity index (χ0) is 25.7. The van der Waals surface area contributed by atoms with Gasteiger partial charge in [-0.15, -0.1) is 11.3 Å². The van der Waals surface area contributed by atoms with E-state index in [1.165, 1.54) is 11.3 Å². The molecule has 0 N–H and O–H groups in total. The summed E-state index contributed by atoms with van der Waals surface area (Å²) in [4.78, 5) is 36.4. The molecule has 2 aromatic heterocycles. The van der Waals surface area contributed by atoms with Crippen LogP contribution in [0.3, 0.4) is 0 Å². The Balaban J connectivity index is 1.59. The summed E-state index contributed by atoms with van der Waals surface area (Å²) in [6.07, 6.45) is 0.599. The van der Waals surface area contributed by atoms with Gasteiger partial charge in [0.05, 0.1) is 11.9 Å². The summed E-state index contributed by atoms with van der Waals surface area (Å²) in [6, 6.07) is 19.3. The zero-order valence-electron chi connectivity index (χ0n) is 20.9. The molecule has 0 saturated heterocycles. The van der Waals surface area contributed by atoms with E-state index in [4.69, 9.17) is 4.98 Å². The monoisotopic (exact) mass is 566 g/mol. The van der Waals surface area contributed by atoms with Crippen molar-refractivity contribution in [2.75, 3.05) is 33.7 Å². The Morgan fingerprint density at radius 2 is 1.78 bits per heavy atom. The van der Waals surface area contributed by atoms with Gasteiger partial charge in [0.15, 0.2) is 0 Å². The number of aromatic nitrogens is 2. The van der Waals surface area contributed by atoms with Gasteiger partial charge in [-0.05, 0) is 61.3 Å². The standard InChI is InChI=1S/C28H31BrN4O2S/c1-20(18-32(15-14-31(2)3)27(34)22-9-11-23(29)12-10-22)17-25-30-26-24(13-16-36-26)28(35)33(25)19-21-7-5-4-6-8-21/h4-13,16,20H,14-15,17-19H2,1-3H3. The van der Waals surface area contributed by atoms with Crippen LogP contribution in [0.4, 0.5) is 0 Å². The summed E-state index contributed by atoms with van der Waals surface area (Å²) < 4.78 is 2.74. The number of thiophene rings is 1. The molecule has 1 amide bonds. The molecule has 0 spiro atoms. The normalized spacial score (nSPS) is 12.2. The van der Waals surface area contributed by atoms with E-state index in [-0.39, 0.29) is 17.4 Å². The minimum Gasteiger partial charge on any atom is -0.337 e. The highest BCUT2D eigenvalue weighted by Crippen LogP contribution is 2.19. The maximum atomic E-state index is 13.4. The van der Waals surface area contributed by atoms with Gasteiger partial charge in [-0.25, -0.2) is 4.98 Å². The van der Waals surface area contributed by atoms with E-state index in [1.807, 2.05) is 85.0 Å². The largest absolute Gasteiger partial charge is 0.337 e. The number of rotatable bonds is 10. The molecule has 1 atom stereocenters.